The molecule has 0 saturated heterocycles. The Hall–Kier alpha value is -3.94. The highest BCUT2D eigenvalue weighted by Gasteiger charge is 2.28. The molecule has 2 aromatic heterocycles. The predicted molar refractivity (Wildman–Crippen MR) is 120 cm³/mol. The average Bonchev–Trinajstić information content (AvgIpc) is 3.14. The maximum atomic E-state index is 12.8. The highest BCUT2D eigenvalue weighted by atomic mass is 16.5. The smallest absolute Gasteiger partial charge is 0.292 e. The van der Waals surface area contributed by atoms with Gasteiger partial charge in [-0.1, -0.05) is 6.07 Å². The lowest BCUT2D eigenvalue weighted by Gasteiger charge is -2.13. The maximum absolute atomic E-state index is 12.8. The number of hydrogen-bond donors (Lipinski definition) is 2. The molecule has 0 fully saturated rings. The maximum Gasteiger partial charge on any atom is 0.292 e. The Labute approximate surface area is 185 Å². The number of furan rings is 1. The molecular weight excluding hydrogens is 408 g/mol. The summed E-state index contributed by atoms with van der Waals surface area (Å²) in [7, 11) is 1.55. The number of amides is 2. The van der Waals surface area contributed by atoms with Gasteiger partial charge in [0, 0.05) is 29.3 Å². The SMILES string of the molecule is COc1cccc(C(=O)N/N=C2\CCCc3oc(C(=O)Nc4cc(C)ccn4)c(C)c32)c1. The van der Waals surface area contributed by atoms with Crippen LogP contribution in [0.3, 0.4) is 0 Å². The number of pyridine rings is 1. The first kappa shape index (κ1) is 21.3. The number of nitrogens with one attached hydrogen (secondary N) is 2. The molecule has 0 atom stereocenters. The number of methoxy groups -OCH3 is 1. The van der Waals surface area contributed by atoms with Crippen molar-refractivity contribution < 1.29 is 18.7 Å². The largest absolute Gasteiger partial charge is 0.497 e. The zero-order valence-corrected chi connectivity index (χ0v) is 18.2. The minimum atomic E-state index is -0.366. The fraction of sp³-hybridized carbons (Fsp3) is 0.250. The number of hydrazone groups is 1. The molecule has 164 valence electrons. The van der Waals surface area contributed by atoms with E-state index in [0.29, 0.717) is 47.0 Å². The van der Waals surface area contributed by atoms with E-state index in [9.17, 15) is 9.59 Å². The van der Waals surface area contributed by atoms with Gasteiger partial charge in [0.05, 0.1) is 12.8 Å². The molecule has 2 heterocycles. The number of hydrogen-bond acceptors (Lipinski definition) is 6. The van der Waals surface area contributed by atoms with Gasteiger partial charge >= 0.3 is 0 Å². The van der Waals surface area contributed by atoms with E-state index in [4.69, 9.17) is 9.15 Å². The lowest BCUT2D eigenvalue weighted by Crippen LogP contribution is -2.22. The summed E-state index contributed by atoms with van der Waals surface area (Å²) in [6, 6.07) is 10.5. The van der Waals surface area contributed by atoms with Crippen LogP contribution in [0, 0.1) is 13.8 Å². The Kier molecular flexibility index (Phi) is 6.02. The molecule has 1 aliphatic rings. The van der Waals surface area contributed by atoms with Gasteiger partial charge in [-0.15, -0.1) is 0 Å². The molecule has 0 bridgehead atoms. The van der Waals surface area contributed by atoms with Gasteiger partial charge in [0.1, 0.15) is 17.3 Å². The molecule has 0 unspecified atom stereocenters. The van der Waals surface area contributed by atoms with Crippen molar-refractivity contribution in [3.05, 3.63) is 76.4 Å². The Morgan fingerprint density at radius 1 is 1.12 bits per heavy atom. The van der Waals surface area contributed by atoms with Crippen LogP contribution < -0.4 is 15.5 Å². The van der Waals surface area contributed by atoms with E-state index in [0.717, 1.165) is 17.5 Å². The van der Waals surface area contributed by atoms with E-state index in [1.54, 1.807) is 43.6 Å². The molecule has 0 spiro atoms. The number of aromatic nitrogens is 1. The van der Waals surface area contributed by atoms with Crippen molar-refractivity contribution in [2.75, 3.05) is 12.4 Å². The van der Waals surface area contributed by atoms with Crippen LogP contribution in [0.5, 0.6) is 5.75 Å². The third-order valence-electron chi connectivity index (χ3n) is 5.31. The van der Waals surface area contributed by atoms with E-state index in [-0.39, 0.29) is 17.6 Å². The molecule has 0 radical (unpaired) electrons. The van der Waals surface area contributed by atoms with Crippen LogP contribution >= 0.6 is 0 Å². The van der Waals surface area contributed by atoms with E-state index >= 15 is 0 Å². The second kappa shape index (κ2) is 9.05. The zero-order chi connectivity index (χ0) is 22.7. The normalized spacial score (nSPS) is 14.0. The lowest BCUT2D eigenvalue weighted by molar-refractivity contribution is 0.0953. The lowest BCUT2D eigenvalue weighted by atomic mass is 9.93. The number of anilines is 1. The molecule has 32 heavy (non-hydrogen) atoms. The molecule has 4 rings (SSSR count). The number of fused-ring (bicyclic) bond motifs is 1. The van der Waals surface area contributed by atoms with Crippen molar-refractivity contribution in [2.45, 2.75) is 33.1 Å². The van der Waals surface area contributed by atoms with Crippen LogP contribution in [0.1, 0.15) is 56.2 Å². The van der Waals surface area contributed by atoms with Crippen molar-refractivity contribution in [3.8, 4) is 5.75 Å². The highest BCUT2D eigenvalue weighted by Crippen LogP contribution is 2.30. The minimum Gasteiger partial charge on any atom is -0.497 e. The molecule has 8 nitrogen and oxygen atoms in total. The van der Waals surface area contributed by atoms with Crippen LogP contribution in [0.4, 0.5) is 5.82 Å². The fourth-order valence-corrected chi connectivity index (χ4v) is 3.72. The molecule has 0 aliphatic heterocycles. The predicted octanol–water partition coefficient (Wildman–Crippen LogP) is 4.02. The van der Waals surface area contributed by atoms with E-state index in [1.807, 2.05) is 19.9 Å². The third kappa shape index (κ3) is 4.39. The van der Waals surface area contributed by atoms with Crippen LogP contribution in [0.2, 0.25) is 0 Å². The molecule has 1 aliphatic carbocycles. The second-order valence-corrected chi connectivity index (χ2v) is 7.61. The summed E-state index contributed by atoms with van der Waals surface area (Å²) in [6.45, 7) is 3.75. The van der Waals surface area contributed by atoms with Crippen LogP contribution in [-0.2, 0) is 6.42 Å². The second-order valence-electron chi connectivity index (χ2n) is 7.61. The topological polar surface area (TPSA) is 106 Å². The van der Waals surface area contributed by atoms with Crippen LogP contribution in [0.25, 0.3) is 0 Å². The zero-order valence-electron chi connectivity index (χ0n) is 18.2. The Bertz CT molecular complexity index is 1210. The standard InChI is InChI=1S/C24H24N4O4/c1-14-10-11-25-20(12-14)26-24(30)22-15(2)21-18(8-5-9-19(21)32-22)27-28-23(29)16-6-4-7-17(13-16)31-3/h4,6-7,10-13H,5,8-9H2,1-3H3,(H,28,29)(H,25,26,30)/b27-18+. The Balaban J connectivity index is 1.56. The summed E-state index contributed by atoms with van der Waals surface area (Å²) in [5.41, 5.74) is 6.22. The summed E-state index contributed by atoms with van der Waals surface area (Å²) < 4.78 is 11.1. The van der Waals surface area contributed by atoms with Crippen LogP contribution in [0.15, 0.2) is 52.1 Å². The number of ether oxygens (including phenoxy) is 1. The van der Waals surface area contributed by atoms with E-state index in [2.05, 4.69) is 20.8 Å². The first-order chi connectivity index (χ1) is 15.5. The molecule has 8 heteroatoms. The van der Waals surface area contributed by atoms with Crippen molar-refractivity contribution in [1.82, 2.24) is 10.4 Å². The van der Waals surface area contributed by atoms with Crippen molar-refractivity contribution in [1.29, 1.82) is 0 Å². The molecule has 2 N–H and O–H groups in total. The summed E-state index contributed by atoms with van der Waals surface area (Å²) in [4.78, 5) is 29.5. The molecular formula is C24H24N4O4. The van der Waals surface area contributed by atoms with Crippen molar-refractivity contribution >= 4 is 23.3 Å². The molecule has 1 aromatic carbocycles. The van der Waals surface area contributed by atoms with Gasteiger partial charge in [0.25, 0.3) is 11.8 Å². The van der Waals surface area contributed by atoms with Crippen molar-refractivity contribution in [3.63, 3.8) is 0 Å². The minimum absolute atomic E-state index is 0.229. The monoisotopic (exact) mass is 432 g/mol. The van der Waals surface area contributed by atoms with E-state index in [1.165, 1.54) is 0 Å². The fourth-order valence-electron chi connectivity index (χ4n) is 3.72. The highest BCUT2D eigenvalue weighted by molar-refractivity contribution is 6.09. The van der Waals surface area contributed by atoms with Gasteiger partial charge in [-0.05, 0) is 62.6 Å². The molecule has 3 aromatic rings. The summed E-state index contributed by atoms with van der Waals surface area (Å²) >= 11 is 0. The summed E-state index contributed by atoms with van der Waals surface area (Å²) in [6.07, 6.45) is 3.83. The third-order valence-corrected chi connectivity index (χ3v) is 5.31. The van der Waals surface area contributed by atoms with Gasteiger partial charge in [0.15, 0.2) is 5.76 Å². The molecule has 2 amide bonds. The number of benzene rings is 1. The number of carbonyl (C=O) groups is 2. The first-order valence-electron chi connectivity index (χ1n) is 10.3. The quantitative estimate of drug-likeness (QED) is 0.592. The average molecular weight is 432 g/mol. The number of carbonyl (C=O) groups excluding carboxylic acids is 2. The Morgan fingerprint density at radius 2 is 1.97 bits per heavy atom. The van der Waals surface area contributed by atoms with Gasteiger partial charge < -0.3 is 14.5 Å². The Morgan fingerprint density at radius 3 is 2.75 bits per heavy atom. The van der Waals surface area contributed by atoms with Gasteiger partial charge in [-0.2, -0.15) is 5.10 Å². The number of nitrogens with zero attached hydrogens (tertiary/aromatic N) is 2. The van der Waals surface area contributed by atoms with Gasteiger partial charge in [0.2, 0.25) is 0 Å². The van der Waals surface area contributed by atoms with Gasteiger partial charge in [-0.25, -0.2) is 10.4 Å². The number of aryl methyl sites for hydroxylation is 2. The first-order valence-corrected chi connectivity index (χ1v) is 10.3. The van der Waals surface area contributed by atoms with Crippen LogP contribution in [-0.4, -0.2) is 29.6 Å². The summed E-state index contributed by atoms with van der Waals surface area (Å²) in [5.74, 6) is 1.28. The van der Waals surface area contributed by atoms with Gasteiger partial charge in [-0.3, -0.25) is 9.59 Å². The molecule has 0 saturated carbocycles. The number of rotatable bonds is 5. The van der Waals surface area contributed by atoms with Crippen molar-refractivity contribution in [2.24, 2.45) is 5.10 Å². The summed E-state index contributed by atoms with van der Waals surface area (Å²) in [5, 5.41) is 7.14. The van der Waals surface area contributed by atoms with E-state index < -0.39 is 0 Å².